The van der Waals surface area contributed by atoms with Gasteiger partial charge in [0.2, 0.25) is 5.91 Å². The molecule has 1 saturated carbocycles. The molecule has 1 aliphatic rings. The average Bonchev–Trinajstić information content (AvgIpc) is 2.75. The molecule has 2 unspecified atom stereocenters. The van der Waals surface area contributed by atoms with Crippen molar-refractivity contribution >= 4 is 11.6 Å². The molecule has 1 aliphatic carbocycles. The van der Waals surface area contributed by atoms with Gasteiger partial charge in [-0.1, -0.05) is 19.1 Å². The van der Waals surface area contributed by atoms with Gasteiger partial charge < -0.3 is 11.1 Å². The van der Waals surface area contributed by atoms with Crippen LogP contribution in [0.15, 0.2) is 24.3 Å². The number of hydrogen-bond acceptors (Lipinski definition) is 2. The maximum atomic E-state index is 12.5. The Balaban J connectivity index is 2.06. The van der Waals surface area contributed by atoms with Crippen LogP contribution in [0.5, 0.6) is 0 Å². The number of anilines is 1. The molecule has 0 aliphatic heterocycles. The van der Waals surface area contributed by atoms with E-state index in [0.29, 0.717) is 6.04 Å². The summed E-state index contributed by atoms with van der Waals surface area (Å²) in [5.41, 5.74) is 6.91. The van der Waals surface area contributed by atoms with Gasteiger partial charge in [-0.3, -0.25) is 4.79 Å². The van der Waals surface area contributed by atoms with Gasteiger partial charge in [0.05, 0.1) is 5.41 Å². The van der Waals surface area contributed by atoms with Crippen LogP contribution in [-0.4, -0.2) is 11.9 Å². The molecule has 2 rings (SSSR count). The minimum Gasteiger partial charge on any atom is -0.399 e. The van der Waals surface area contributed by atoms with Gasteiger partial charge in [0.25, 0.3) is 0 Å². The molecule has 104 valence electrons. The summed E-state index contributed by atoms with van der Waals surface area (Å²) in [6.45, 7) is 6.18. The van der Waals surface area contributed by atoms with Gasteiger partial charge in [-0.2, -0.15) is 0 Å². The number of carbonyl (C=O) groups excluding carboxylic acids is 1. The second-order valence-electron chi connectivity index (χ2n) is 6.34. The predicted octanol–water partition coefficient (Wildman–Crippen LogP) is 2.85. The van der Waals surface area contributed by atoms with E-state index in [2.05, 4.69) is 12.2 Å². The van der Waals surface area contributed by atoms with E-state index in [4.69, 9.17) is 5.73 Å². The summed E-state index contributed by atoms with van der Waals surface area (Å²) in [6, 6.07) is 7.91. The van der Waals surface area contributed by atoms with Gasteiger partial charge in [0, 0.05) is 11.7 Å². The third kappa shape index (κ3) is 3.09. The Kier molecular flexibility index (Phi) is 3.83. The number of rotatable bonds is 3. The highest BCUT2D eigenvalue weighted by molar-refractivity contribution is 5.87. The average molecular weight is 260 g/mol. The predicted molar refractivity (Wildman–Crippen MR) is 78.8 cm³/mol. The lowest BCUT2D eigenvalue weighted by Gasteiger charge is -2.26. The third-order valence-electron chi connectivity index (χ3n) is 4.23. The fourth-order valence-electron chi connectivity index (χ4n) is 2.73. The molecule has 0 radical (unpaired) electrons. The SMILES string of the molecule is CC1CCC(NC(=O)C(C)(C)c2ccc(N)cc2)C1. The fraction of sp³-hybridized carbons (Fsp3) is 0.562. The number of nitrogens with two attached hydrogens (primary N) is 1. The normalized spacial score (nSPS) is 23.3. The highest BCUT2D eigenvalue weighted by atomic mass is 16.2. The maximum Gasteiger partial charge on any atom is 0.230 e. The molecule has 0 heterocycles. The monoisotopic (exact) mass is 260 g/mol. The van der Waals surface area contributed by atoms with E-state index in [-0.39, 0.29) is 5.91 Å². The van der Waals surface area contributed by atoms with Crippen LogP contribution in [0.4, 0.5) is 5.69 Å². The van der Waals surface area contributed by atoms with Crippen LogP contribution < -0.4 is 11.1 Å². The van der Waals surface area contributed by atoms with Gasteiger partial charge in [-0.25, -0.2) is 0 Å². The molecule has 2 atom stereocenters. The van der Waals surface area contributed by atoms with Crippen molar-refractivity contribution < 1.29 is 4.79 Å². The van der Waals surface area contributed by atoms with Crippen LogP contribution in [0.3, 0.4) is 0 Å². The van der Waals surface area contributed by atoms with E-state index in [1.165, 1.54) is 6.42 Å². The number of nitrogens with one attached hydrogen (secondary N) is 1. The summed E-state index contributed by atoms with van der Waals surface area (Å²) < 4.78 is 0. The third-order valence-corrected chi connectivity index (χ3v) is 4.23. The van der Waals surface area contributed by atoms with Crippen molar-refractivity contribution in [2.45, 2.75) is 51.5 Å². The second-order valence-corrected chi connectivity index (χ2v) is 6.34. The first-order chi connectivity index (χ1) is 8.89. The summed E-state index contributed by atoms with van der Waals surface area (Å²) in [5.74, 6) is 0.835. The van der Waals surface area contributed by atoms with E-state index in [1.54, 1.807) is 0 Å². The Morgan fingerprint density at radius 2 is 1.89 bits per heavy atom. The first-order valence-electron chi connectivity index (χ1n) is 7.06. The topological polar surface area (TPSA) is 55.1 Å². The maximum absolute atomic E-state index is 12.5. The minimum atomic E-state index is -0.514. The molecule has 1 fully saturated rings. The number of amides is 1. The van der Waals surface area contributed by atoms with Gasteiger partial charge in [0.1, 0.15) is 0 Å². The fourth-order valence-corrected chi connectivity index (χ4v) is 2.73. The first kappa shape index (κ1) is 13.9. The number of nitrogen functional groups attached to an aromatic ring is 1. The first-order valence-corrected chi connectivity index (χ1v) is 7.06. The lowest BCUT2D eigenvalue weighted by Crippen LogP contribution is -2.44. The highest BCUT2D eigenvalue weighted by Gasteiger charge is 2.32. The van der Waals surface area contributed by atoms with Crippen molar-refractivity contribution in [2.24, 2.45) is 5.92 Å². The summed E-state index contributed by atoms with van der Waals surface area (Å²) in [7, 11) is 0. The van der Waals surface area contributed by atoms with Crippen LogP contribution in [0.25, 0.3) is 0 Å². The molecule has 1 amide bonds. The standard InChI is InChI=1S/C16H24N2O/c1-11-4-9-14(10-11)18-15(19)16(2,3)12-5-7-13(17)8-6-12/h5-8,11,14H,4,9-10,17H2,1-3H3,(H,18,19). The molecular formula is C16H24N2O. The Morgan fingerprint density at radius 1 is 1.26 bits per heavy atom. The van der Waals surface area contributed by atoms with E-state index < -0.39 is 5.41 Å². The van der Waals surface area contributed by atoms with E-state index in [0.717, 1.165) is 30.0 Å². The summed E-state index contributed by atoms with van der Waals surface area (Å²) in [6.07, 6.45) is 3.42. The quantitative estimate of drug-likeness (QED) is 0.821. The molecule has 1 aromatic rings. The number of carbonyl (C=O) groups is 1. The molecule has 0 bridgehead atoms. The van der Waals surface area contributed by atoms with Crippen LogP contribution in [-0.2, 0) is 10.2 Å². The molecule has 3 N–H and O–H groups in total. The van der Waals surface area contributed by atoms with Crippen LogP contribution in [0.1, 0.15) is 45.6 Å². The zero-order valence-electron chi connectivity index (χ0n) is 12.1. The molecular weight excluding hydrogens is 236 g/mol. The molecule has 0 aromatic heterocycles. The minimum absolute atomic E-state index is 0.108. The van der Waals surface area contributed by atoms with Crippen LogP contribution >= 0.6 is 0 Å². The number of hydrogen-bond donors (Lipinski definition) is 2. The van der Waals surface area contributed by atoms with Crippen molar-refractivity contribution in [3.05, 3.63) is 29.8 Å². The van der Waals surface area contributed by atoms with Crippen molar-refractivity contribution in [1.29, 1.82) is 0 Å². The molecule has 1 aromatic carbocycles. The zero-order valence-corrected chi connectivity index (χ0v) is 12.1. The Morgan fingerprint density at radius 3 is 2.42 bits per heavy atom. The van der Waals surface area contributed by atoms with Crippen molar-refractivity contribution in [3.63, 3.8) is 0 Å². The Bertz CT molecular complexity index is 450. The van der Waals surface area contributed by atoms with Crippen LogP contribution in [0.2, 0.25) is 0 Å². The van der Waals surface area contributed by atoms with Gasteiger partial charge in [0.15, 0.2) is 0 Å². The lowest BCUT2D eigenvalue weighted by atomic mass is 9.83. The lowest BCUT2D eigenvalue weighted by molar-refractivity contribution is -0.126. The van der Waals surface area contributed by atoms with Gasteiger partial charge in [-0.05, 0) is 56.7 Å². The van der Waals surface area contributed by atoms with Crippen LogP contribution in [0, 0.1) is 5.92 Å². The Labute approximate surface area is 115 Å². The van der Waals surface area contributed by atoms with Crippen molar-refractivity contribution in [2.75, 3.05) is 5.73 Å². The van der Waals surface area contributed by atoms with E-state index in [9.17, 15) is 4.79 Å². The summed E-state index contributed by atoms with van der Waals surface area (Å²) >= 11 is 0. The largest absolute Gasteiger partial charge is 0.399 e. The van der Waals surface area contributed by atoms with Crippen molar-refractivity contribution in [1.82, 2.24) is 5.32 Å². The molecule has 19 heavy (non-hydrogen) atoms. The molecule has 0 saturated heterocycles. The smallest absolute Gasteiger partial charge is 0.230 e. The summed E-state index contributed by atoms with van der Waals surface area (Å²) in [5, 5.41) is 3.19. The van der Waals surface area contributed by atoms with Gasteiger partial charge in [-0.15, -0.1) is 0 Å². The zero-order chi connectivity index (χ0) is 14.0. The van der Waals surface area contributed by atoms with Crippen molar-refractivity contribution in [3.8, 4) is 0 Å². The highest BCUT2D eigenvalue weighted by Crippen LogP contribution is 2.28. The van der Waals surface area contributed by atoms with E-state index in [1.807, 2.05) is 38.1 Å². The van der Waals surface area contributed by atoms with Gasteiger partial charge >= 0.3 is 0 Å². The number of benzene rings is 1. The molecule has 0 spiro atoms. The Hall–Kier alpha value is -1.51. The molecule has 3 nitrogen and oxygen atoms in total. The second kappa shape index (κ2) is 5.24. The van der Waals surface area contributed by atoms with E-state index >= 15 is 0 Å². The summed E-state index contributed by atoms with van der Waals surface area (Å²) in [4.78, 5) is 12.5. The molecule has 3 heteroatoms.